The molecular weight excluding hydrogens is 243 g/mol. The number of hydrogen-bond acceptors (Lipinski definition) is 3. The van der Waals surface area contributed by atoms with Gasteiger partial charge in [0.25, 0.3) is 0 Å². The van der Waals surface area contributed by atoms with Crippen molar-refractivity contribution in [2.45, 2.75) is 33.4 Å². The zero-order chi connectivity index (χ0) is 13.8. The van der Waals surface area contributed by atoms with Crippen LogP contribution in [-0.4, -0.2) is 23.1 Å². The smallest absolute Gasteiger partial charge is 0.341 e. The van der Waals surface area contributed by atoms with Crippen LogP contribution in [0.4, 0.5) is 19.1 Å². The molecule has 18 heavy (non-hydrogen) atoms. The Morgan fingerprint density at radius 2 is 2.00 bits per heavy atom. The molecule has 0 fully saturated rings. The van der Waals surface area contributed by atoms with Crippen LogP contribution >= 0.6 is 0 Å². The first kappa shape index (κ1) is 14.7. The Morgan fingerprint density at radius 1 is 1.33 bits per heavy atom. The zero-order valence-electron chi connectivity index (χ0n) is 10.8. The molecule has 1 atom stereocenters. The van der Waals surface area contributed by atoms with Crippen LogP contribution in [0, 0.1) is 5.92 Å². The summed E-state index contributed by atoms with van der Waals surface area (Å²) in [5, 5.41) is 0. The van der Waals surface area contributed by atoms with Crippen molar-refractivity contribution in [3.8, 4) is 0 Å². The van der Waals surface area contributed by atoms with E-state index in [4.69, 9.17) is 0 Å². The maximum atomic E-state index is 12.6. The molecule has 1 unspecified atom stereocenters. The summed E-state index contributed by atoms with van der Waals surface area (Å²) in [6.45, 7) is 7.23. The summed E-state index contributed by atoms with van der Waals surface area (Å²) < 4.78 is 37.7. The number of halogens is 3. The van der Waals surface area contributed by atoms with Gasteiger partial charge < -0.3 is 4.90 Å². The van der Waals surface area contributed by atoms with Gasteiger partial charge in [0.15, 0.2) is 0 Å². The van der Waals surface area contributed by atoms with Gasteiger partial charge in [0.2, 0.25) is 5.95 Å². The van der Waals surface area contributed by atoms with Gasteiger partial charge in [-0.2, -0.15) is 13.2 Å². The molecule has 0 amide bonds. The molecule has 0 aliphatic rings. The van der Waals surface area contributed by atoms with Crippen LogP contribution < -0.4 is 4.90 Å². The molecule has 0 bridgehead atoms. The minimum Gasteiger partial charge on any atom is -0.341 e. The molecule has 0 N–H and O–H groups in total. The van der Waals surface area contributed by atoms with E-state index in [0.29, 0.717) is 19.0 Å². The van der Waals surface area contributed by atoms with Crippen molar-refractivity contribution in [2.24, 2.45) is 5.92 Å². The molecule has 6 heteroatoms. The van der Waals surface area contributed by atoms with Gasteiger partial charge in [0.1, 0.15) is 5.69 Å². The third kappa shape index (κ3) is 3.85. The third-order valence-electron chi connectivity index (χ3n) is 2.83. The lowest BCUT2D eigenvalue weighted by Gasteiger charge is -2.24. The average Bonchev–Trinajstić information content (AvgIpc) is 2.34. The Morgan fingerprint density at radius 3 is 2.50 bits per heavy atom. The van der Waals surface area contributed by atoms with Crippen LogP contribution in [-0.2, 0) is 6.18 Å². The van der Waals surface area contributed by atoms with Crippen LogP contribution in [0.25, 0.3) is 0 Å². The Balaban J connectivity index is 2.93. The van der Waals surface area contributed by atoms with Crippen LogP contribution in [0.3, 0.4) is 0 Å². The number of rotatable bonds is 5. The normalized spacial score (nSPS) is 13.4. The second-order valence-corrected chi connectivity index (χ2v) is 4.29. The first-order valence-electron chi connectivity index (χ1n) is 6.03. The quantitative estimate of drug-likeness (QED) is 0.813. The average molecular weight is 261 g/mol. The van der Waals surface area contributed by atoms with Gasteiger partial charge in [-0.3, -0.25) is 0 Å². The van der Waals surface area contributed by atoms with E-state index >= 15 is 0 Å². The van der Waals surface area contributed by atoms with Crippen LogP contribution in [0.15, 0.2) is 12.3 Å². The molecule has 0 aliphatic heterocycles. The van der Waals surface area contributed by atoms with E-state index in [2.05, 4.69) is 16.9 Å². The topological polar surface area (TPSA) is 29.0 Å². The van der Waals surface area contributed by atoms with Crippen LogP contribution in [0.2, 0.25) is 0 Å². The highest BCUT2D eigenvalue weighted by atomic mass is 19.4. The molecule has 1 aromatic rings. The molecule has 1 heterocycles. The molecule has 0 spiro atoms. The summed E-state index contributed by atoms with van der Waals surface area (Å²) in [7, 11) is 0. The molecule has 102 valence electrons. The van der Waals surface area contributed by atoms with Crippen molar-refractivity contribution in [1.82, 2.24) is 9.97 Å². The fraction of sp³-hybridized carbons (Fsp3) is 0.667. The number of alkyl halides is 3. The second-order valence-electron chi connectivity index (χ2n) is 4.29. The molecule has 3 nitrogen and oxygen atoms in total. The lowest BCUT2D eigenvalue weighted by Crippen LogP contribution is -2.30. The largest absolute Gasteiger partial charge is 0.433 e. The first-order valence-corrected chi connectivity index (χ1v) is 6.03. The van der Waals surface area contributed by atoms with Gasteiger partial charge >= 0.3 is 6.18 Å². The van der Waals surface area contributed by atoms with E-state index in [9.17, 15) is 13.2 Å². The molecule has 1 aromatic heterocycles. The Hall–Kier alpha value is -1.33. The monoisotopic (exact) mass is 261 g/mol. The zero-order valence-corrected chi connectivity index (χ0v) is 10.8. The number of nitrogens with zero attached hydrogens (tertiary/aromatic N) is 3. The van der Waals surface area contributed by atoms with Crippen LogP contribution in [0.1, 0.15) is 32.9 Å². The molecule has 0 saturated heterocycles. The van der Waals surface area contributed by atoms with Crippen molar-refractivity contribution in [1.29, 1.82) is 0 Å². The molecule has 0 aromatic carbocycles. The fourth-order valence-electron chi connectivity index (χ4n) is 1.52. The second kappa shape index (κ2) is 6.02. The SMILES string of the molecule is CCC(C)CN(CC)c1nccc(C(F)(F)F)n1. The molecule has 0 radical (unpaired) electrons. The van der Waals surface area contributed by atoms with Gasteiger partial charge in [-0.25, -0.2) is 9.97 Å². The highest BCUT2D eigenvalue weighted by Gasteiger charge is 2.33. The summed E-state index contributed by atoms with van der Waals surface area (Å²) in [5.74, 6) is 0.538. The first-order chi connectivity index (χ1) is 8.38. The van der Waals surface area contributed by atoms with E-state index in [1.54, 1.807) is 4.90 Å². The van der Waals surface area contributed by atoms with Gasteiger partial charge in [0.05, 0.1) is 0 Å². The van der Waals surface area contributed by atoms with Crippen molar-refractivity contribution < 1.29 is 13.2 Å². The predicted molar refractivity (Wildman–Crippen MR) is 64.4 cm³/mol. The Bertz CT molecular complexity index is 379. The molecular formula is C12H18F3N3. The lowest BCUT2D eigenvalue weighted by atomic mass is 10.1. The minimum atomic E-state index is -4.42. The van der Waals surface area contributed by atoms with Gasteiger partial charge in [-0.1, -0.05) is 20.3 Å². The van der Waals surface area contributed by atoms with E-state index in [-0.39, 0.29) is 5.95 Å². The third-order valence-corrected chi connectivity index (χ3v) is 2.83. The van der Waals surface area contributed by atoms with Gasteiger partial charge in [-0.15, -0.1) is 0 Å². The van der Waals surface area contributed by atoms with Crippen molar-refractivity contribution in [3.05, 3.63) is 18.0 Å². The fourth-order valence-corrected chi connectivity index (χ4v) is 1.52. The highest BCUT2D eigenvalue weighted by molar-refractivity contribution is 5.30. The van der Waals surface area contributed by atoms with E-state index < -0.39 is 11.9 Å². The van der Waals surface area contributed by atoms with Crippen molar-refractivity contribution >= 4 is 5.95 Å². The Labute approximate surface area is 105 Å². The summed E-state index contributed by atoms with van der Waals surface area (Å²) in [4.78, 5) is 9.29. The summed E-state index contributed by atoms with van der Waals surface area (Å²) in [6.07, 6.45) is -2.30. The molecule has 0 aliphatic carbocycles. The predicted octanol–water partition coefficient (Wildman–Crippen LogP) is 3.37. The number of aromatic nitrogens is 2. The van der Waals surface area contributed by atoms with Gasteiger partial charge in [0, 0.05) is 19.3 Å². The Kier molecular flexibility index (Phi) is 4.93. The maximum Gasteiger partial charge on any atom is 0.433 e. The standard InChI is InChI=1S/C12H18F3N3/c1-4-9(3)8-18(5-2)11-16-7-6-10(17-11)12(13,14)15/h6-7,9H,4-5,8H2,1-3H3. The summed E-state index contributed by atoms with van der Waals surface area (Å²) >= 11 is 0. The molecule has 0 saturated carbocycles. The summed E-state index contributed by atoms with van der Waals surface area (Å²) in [6, 6.07) is 0.889. The maximum absolute atomic E-state index is 12.6. The minimum absolute atomic E-state index is 0.146. The van der Waals surface area contributed by atoms with Crippen LogP contribution in [0.5, 0.6) is 0 Å². The van der Waals surface area contributed by atoms with E-state index in [1.165, 1.54) is 0 Å². The van der Waals surface area contributed by atoms with E-state index in [1.807, 2.05) is 13.8 Å². The number of anilines is 1. The van der Waals surface area contributed by atoms with Crippen molar-refractivity contribution in [2.75, 3.05) is 18.0 Å². The van der Waals surface area contributed by atoms with Gasteiger partial charge in [-0.05, 0) is 18.9 Å². The summed E-state index contributed by atoms with van der Waals surface area (Å²) in [5.41, 5.74) is -0.893. The lowest BCUT2D eigenvalue weighted by molar-refractivity contribution is -0.141. The van der Waals surface area contributed by atoms with Crippen molar-refractivity contribution in [3.63, 3.8) is 0 Å². The highest BCUT2D eigenvalue weighted by Crippen LogP contribution is 2.28. The number of hydrogen-bond donors (Lipinski definition) is 0. The van der Waals surface area contributed by atoms with E-state index in [0.717, 1.165) is 18.7 Å². The molecule has 1 rings (SSSR count).